The molecule has 0 fully saturated rings. The van der Waals surface area contributed by atoms with E-state index in [0.717, 1.165) is 15.6 Å². The normalized spacial score (nSPS) is 11.1. The van der Waals surface area contributed by atoms with Crippen molar-refractivity contribution in [3.8, 4) is 0 Å². The Hall–Kier alpha value is -4.17. The Morgan fingerprint density at radius 1 is 0.750 bits per heavy atom. The molecule has 3 aromatic carbocycles. The van der Waals surface area contributed by atoms with Crippen LogP contribution in [-0.4, -0.2) is 40.9 Å². The van der Waals surface area contributed by atoms with Crippen LogP contribution in [0.25, 0.3) is 16.7 Å². The topological polar surface area (TPSA) is 79.0 Å². The smallest absolute Gasteiger partial charge is 0.342 e. The van der Waals surface area contributed by atoms with Gasteiger partial charge in [0.2, 0.25) is 5.78 Å². The summed E-state index contributed by atoms with van der Waals surface area (Å²) >= 11 is 3.38. The number of benzene rings is 3. The number of rotatable bonds is 6. The number of esters is 2. The first kappa shape index (κ1) is 23.6. The summed E-state index contributed by atoms with van der Waals surface area (Å²) in [6, 6.07) is 24.0. The number of nitrogens with zero attached hydrogens (tertiary/aromatic N) is 2. The van der Waals surface area contributed by atoms with E-state index in [4.69, 9.17) is 9.47 Å². The van der Waals surface area contributed by atoms with Crippen molar-refractivity contribution in [1.82, 2.24) is 8.97 Å². The van der Waals surface area contributed by atoms with E-state index < -0.39 is 17.7 Å². The molecule has 2 heterocycles. The fourth-order valence-corrected chi connectivity index (χ4v) is 4.79. The fraction of sp³-hybridized carbons (Fsp3) is 0.107. The summed E-state index contributed by atoms with van der Waals surface area (Å²) in [5.74, 6) is -1.95. The summed E-state index contributed by atoms with van der Waals surface area (Å²) in [6.07, 6.45) is 0. The third-order valence-corrected chi connectivity index (χ3v) is 6.63. The molecule has 0 spiro atoms. The molecule has 0 radical (unpaired) electrons. The minimum absolute atomic E-state index is 0.0167. The largest absolute Gasteiger partial charge is 0.465 e. The van der Waals surface area contributed by atoms with Crippen LogP contribution in [0.15, 0.2) is 83.3 Å². The molecule has 0 aliphatic heterocycles. The van der Waals surface area contributed by atoms with E-state index in [-0.39, 0.29) is 16.8 Å². The summed E-state index contributed by atoms with van der Waals surface area (Å²) in [6.45, 7) is 0.401. The number of ether oxygens (including phenoxy) is 2. The molecule has 0 N–H and O–H groups in total. The number of hydrogen-bond donors (Lipinski definition) is 0. The van der Waals surface area contributed by atoms with E-state index in [9.17, 15) is 14.4 Å². The summed E-state index contributed by atoms with van der Waals surface area (Å²) in [5, 5.41) is 0. The minimum Gasteiger partial charge on any atom is -0.465 e. The van der Waals surface area contributed by atoms with E-state index >= 15 is 0 Å². The second kappa shape index (κ2) is 9.47. The van der Waals surface area contributed by atoms with Gasteiger partial charge in [-0.05, 0) is 42.0 Å². The van der Waals surface area contributed by atoms with Gasteiger partial charge in [0.25, 0.3) is 0 Å². The molecule has 0 aliphatic rings. The Balaban J connectivity index is 1.94. The maximum Gasteiger partial charge on any atom is 0.342 e. The van der Waals surface area contributed by atoms with Gasteiger partial charge in [-0.3, -0.25) is 9.20 Å². The quantitative estimate of drug-likeness (QED) is 0.208. The number of carbonyl (C=O) groups is 3. The number of imidazole rings is 1. The van der Waals surface area contributed by atoms with Crippen LogP contribution in [0.5, 0.6) is 0 Å². The maximum absolute atomic E-state index is 13.9. The lowest BCUT2D eigenvalue weighted by molar-refractivity contribution is 0.0556. The van der Waals surface area contributed by atoms with Gasteiger partial charge in [0.15, 0.2) is 0 Å². The third-order valence-electron chi connectivity index (χ3n) is 6.10. The molecule has 0 unspecified atom stereocenters. The van der Waals surface area contributed by atoms with Crippen molar-refractivity contribution in [2.45, 2.75) is 6.54 Å². The Kier molecular flexibility index (Phi) is 6.20. The molecule has 5 rings (SSSR count). The highest BCUT2D eigenvalue weighted by Gasteiger charge is 2.36. The molecule has 2 aromatic heterocycles. The number of methoxy groups -OCH3 is 2. The lowest BCUT2D eigenvalue weighted by atomic mass is 10.0. The molecular formula is C28H21BrN2O5. The number of carbonyl (C=O) groups excluding carboxylic acids is 3. The van der Waals surface area contributed by atoms with E-state index in [2.05, 4.69) is 15.9 Å². The van der Waals surface area contributed by atoms with E-state index in [1.165, 1.54) is 14.2 Å². The summed E-state index contributed by atoms with van der Waals surface area (Å²) < 4.78 is 14.6. The van der Waals surface area contributed by atoms with Gasteiger partial charge in [0.1, 0.15) is 22.5 Å². The summed E-state index contributed by atoms with van der Waals surface area (Å²) in [5.41, 5.74) is 3.09. The molecule has 0 atom stereocenters. The van der Waals surface area contributed by atoms with Crippen LogP contribution in [0.1, 0.15) is 42.3 Å². The van der Waals surface area contributed by atoms with E-state index in [1.807, 2.05) is 59.2 Å². The molecule has 0 aliphatic carbocycles. The highest BCUT2D eigenvalue weighted by Crippen LogP contribution is 2.34. The molecule has 0 amide bonds. The molecule has 7 nitrogen and oxygen atoms in total. The zero-order valence-electron chi connectivity index (χ0n) is 19.5. The van der Waals surface area contributed by atoms with Gasteiger partial charge in [-0.1, -0.05) is 58.4 Å². The van der Waals surface area contributed by atoms with Crippen LogP contribution < -0.4 is 0 Å². The molecule has 0 saturated heterocycles. The van der Waals surface area contributed by atoms with Crippen LogP contribution in [-0.2, 0) is 16.0 Å². The third kappa shape index (κ3) is 3.79. The van der Waals surface area contributed by atoms with Gasteiger partial charge < -0.3 is 14.0 Å². The standard InChI is InChI=1S/C28H21BrN2O5/c1-35-27(33)22-23(28(34)36-2)26-30(16-17-8-4-3-5-9-17)20-10-6-7-11-21(20)31(26)24(22)25(32)18-12-14-19(29)15-13-18/h3-15H,16H2,1-2H3. The van der Waals surface area contributed by atoms with Crippen molar-refractivity contribution in [2.24, 2.45) is 0 Å². The second-order valence-corrected chi connectivity index (χ2v) is 9.05. The lowest BCUT2D eigenvalue weighted by Crippen LogP contribution is -2.16. The van der Waals surface area contributed by atoms with Crippen molar-refractivity contribution in [3.63, 3.8) is 0 Å². The Morgan fingerprint density at radius 3 is 1.97 bits per heavy atom. The van der Waals surface area contributed by atoms with Crippen LogP contribution in [0, 0.1) is 0 Å². The van der Waals surface area contributed by atoms with Gasteiger partial charge in [0.05, 0.1) is 25.3 Å². The van der Waals surface area contributed by atoms with Gasteiger partial charge in [-0.25, -0.2) is 9.59 Å². The first-order chi connectivity index (χ1) is 17.5. The lowest BCUT2D eigenvalue weighted by Gasteiger charge is -2.09. The average Bonchev–Trinajstić information content (AvgIpc) is 3.42. The molecule has 36 heavy (non-hydrogen) atoms. The number of hydrogen-bond acceptors (Lipinski definition) is 5. The molecular weight excluding hydrogens is 524 g/mol. The monoisotopic (exact) mass is 544 g/mol. The average molecular weight is 545 g/mol. The van der Waals surface area contributed by atoms with Crippen molar-refractivity contribution in [1.29, 1.82) is 0 Å². The Bertz CT molecular complexity index is 1630. The summed E-state index contributed by atoms with van der Waals surface area (Å²) in [4.78, 5) is 40.3. The van der Waals surface area contributed by atoms with Gasteiger partial charge >= 0.3 is 11.9 Å². The molecule has 8 heteroatoms. The first-order valence-electron chi connectivity index (χ1n) is 11.1. The van der Waals surface area contributed by atoms with Gasteiger partial charge in [-0.15, -0.1) is 0 Å². The minimum atomic E-state index is -0.796. The first-order valence-corrected chi connectivity index (χ1v) is 11.9. The predicted molar refractivity (Wildman–Crippen MR) is 139 cm³/mol. The van der Waals surface area contributed by atoms with E-state index in [1.54, 1.807) is 28.7 Å². The van der Waals surface area contributed by atoms with Gasteiger partial charge in [0, 0.05) is 16.6 Å². The number of fused-ring (bicyclic) bond motifs is 3. The van der Waals surface area contributed by atoms with Gasteiger partial charge in [-0.2, -0.15) is 0 Å². The van der Waals surface area contributed by atoms with Crippen LogP contribution in [0.3, 0.4) is 0 Å². The number of para-hydroxylation sites is 2. The molecule has 180 valence electrons. The van der Waals surface area contributed by atoms with Crippen LogP contribution in [0.4, 0.5) is 0 Å². The second-order valence-electron chi connectivity index (χ2n) is 8.14. The number of ketones is 1. The SMILES string of the molecule is COC(=O)c1c(C(=O)OC)c2n(Cc3ccccc3)c3ccccc3n2c1C(=O)c1ccc(Br)cc1. The number of halogens is 1. The van der Waals surface area contributed by atoms with Crippen LogP contribution >= 0.6 is 15.9 Å². The van der Waals surface area contributed by atoms with Crippen LogP contribution in [0.2, 0.25) is 0 Å². The Labute approximate surface area is 215 Å². The molecule has 0 saturated carbocycles. The van der Waals surface area contributed by atoms with Crippen molar-refractivity contribution in [2.75, 3.05) is 14.2 Å². The highest BCUT2D eigenvalue weighted by molar-refractivity contribution is 9.10. The highest BCUT2D eigenvalue weighted by atomic mass is 79.9. The summed E-state index contributed by atoms with van der Waals surface area (Å²) in [7, 11) is 2.46. The van der Waals surface area contributed by atoms with Crippen molar-refractivity contribution >= 4 is 50.3 Å². The Morgan fingerprint density at radius 2 is 1.33 bits per heavy atom. The molecule has 0 bridgehead atoms. The number of aromatic nitrogens is 2. The zero-order chi connectivity index (χ0) is 25.4. The molecule has 5 aromatic rings. The van der Waals surface area contributed by atoms with Crippen molar-refractivity contribution < 1.29 is 23.9 Å². The van der Waals surface area contributed by atoms with E-state index in [0.29, 0.717) is 23.3 Å². The zero-order valence-corrected chi connectivity index (χ0v) is 21.1. The maximum atomic E-state index is 13.9. The fourth-order valence-electron chi connectivity index (χ4n) is 4.52. The van der Waals surface area contributed by atoms with Crippen molar-refractivity contribution in [3.05, 3.63) is 111 Å². The predicted octanol–water partition coefficient (Wildman–Crippen LogP) is 5.51.